The van der Waals surface area contributed by atoms with E-state index in [2.05, 4.69) is 5.32 Å². The first-order chi connectivity index (χ1) is 6.24. The molecule has 1 nitrogen and oxygen atoms in total. The smallest absolute Gasteiger partial charge is 0.102 e. The van der Waals surface area contributed by atoms with Gasteiger partial charge in [0.2, 0.25) is 0 Å². The highest BCUT2D eigenvalue weighted by Crippen LogP contribution is 2.16. The highest BCUT2D eigenvalue weighted by atomic mass is 35.5. The van der Waals surface area contributed by atoms with Crippen LogP contribution in [0.15, 0.2) is 24.3 Å². The van der Waals surface area contributed by atoms with E-state index >= 15 is 0 Å². The summed E-state index contributed by atoms with van der Waals surface area (Å²) in [5.74, 6) is 0. The van der Waals surface area contributed by atoms with E-state index in [1.165, 1.54) is 0 Å². The summed E-state index contributed by atoms with van der Waals surface area (Å²) < 4.78 is 11.9. The van der Waals surface area contributed by atoms with E-state index in [1.807, 2.05) is 31.2 Å². The Kier molecular flexibility index (Phi) is 4.19. The molecule has 0 unspecified atom stereocenters. The first-order valence-corrected chi connectivity index (χ1v) is 4.66. The molecule has 0 bridgehead atoms. The number of benzene rings is 1. The first-order valence-electron chi connectivity index (χ1n) is 4.29. The standard InChI is InChI=1S/C10H13ClFN/c1-8(13-6-5-12)9-3-2-4-10(11)7-9/h2-4,7-8,13H,5-6H2,1H3/t8-/m0/s1. The van der Waals surface area contributed by atoms with Crippen LogP contribution >= 0.6 is 11.6 Å². The zero-order valence-corrected chi connectivity index (χ0v) is 8.31. The van der Waals surface area contributed by atoms with Gasteiger partial charge in [-0.2, -0.15) is 0 Å². The Morgan fingerprint density at radius 1 is 1.54 bits per heavy atom. The molecule has 0 saturated heterocycles. The van der Waals surface area contributed by atoms with Gasteiger partial charge in [0.25, 0.3) is 0 Å². The number of hydrogen-bond acceptors (Lipinski definition) is 1. The average Bonchev–Trinajstić information content (AvgIpc) is 2.14. The molecule has 0 fully saturated rings. The molecule has 0 saturated carbocycles. The van der Waals surface area contributed by atoms with Gasteiger partial charge in [-0.1, -0.05) is 23.7 Å². The summed E-state index contributed by atoms with van der Waals surface area (Å²) in [6.07, 6.45) is 0. The number of nitrogens with one attached hydrogen (secondary N) is 1. The molecule has 1 aromatic rings. The SMILES string of the molecule is C[C@H](NCCF)c1cccc(Cl)c1. The predicted molar refractivity (Wildman–Crippen MR) is 53.8 cm³/mol. The molecule has 1 aromatic carbocycles. The molecule has 0 aliphatic rings. The quantitative estimate of drug-likeness (QED) is 0.790. The number of alkyl halides is 1. The molecule has 0 aliphatic heterocycles. The molecule has 13 heavy (non-hydrogen) atoms. The third kappa shape index (κ3) is 3.33. The second kappa shape index (κ2) is 5.20. The van der Waals surface area contributed by atoms with E-state index < -0.39 is 0 Å². The van der Waals surface area contributed by atoms with Gasteiger partial charge >= 0.3 is 0 Å². The highest BCUT2D eigenvalue weighted by molar-refractivity contribution is 6.30. The van der Waals surface area contributed by atoms with Crippen molar-refractivity contribution in [2.45, 2.75) is 13.0 Å². The van der Waals surface area contributed by atoms with Crippen molar-refractivity contribution in [2.75, 3.05) is 13.2 Å². The van der Waals surface area contributed by atoms with Gasteiger partial charge in [-0.15, -0.1) is 0 Å². The van der Waals surface area contributed by atoms with Gasteiger partial charge in [0.05, 0.1) is 0 Å². The largest absolute Gasteiger partial charge is 0.308 e. The molecule has 0 aliphatic carbocycles. The molecule has 72 valence electrons. The lowest BCUT2D eigenvalue weighted by Crippen LogP contribution is -2.20. The third-order valence-electron chi connectivity index (χ3n) is 1.89. The summed E-state index contributed by atoms with van der Waals surface area (Å²) in [5, 5.41) is 3.76. The van der Waals surface area contributed by atoms with Crippen molar-refractivity contribution in [1.82, 2.24) is 5.32 Å². The Morgan fingerprint density at radius 3 is 2.92 bits per heavy atom. The maximum absolute atomic E-state index is 11.9. The first kappa shape index (κ1) is 10.5. The summed E-state index contributed by atoms with van der Waals surface area (Å²) in [6, 6.07) is 7.73. The second-order valence-corrected chi connectivity index (χ2v) is 3.36. The third-order valence-corrected chi connectivity index (χ3v) is 2.13. The monoisotopic (exact) mass is 201 g/mol. The minimum absolute atomic E-state index is 0.148. The zero-order chi connectivity index (χ0) is 9.68. The summed E-state index contributed by atoms with van der Waals surface area (Å²) in [4.78, 5) is 0. The lowest BCUT2D eigenvalue weighted by molar-refractivity contribution is 0.444. The molecule has 3 heteroatoms. The van der Waals surface area contributed by atoms with E-state index in [1.54, 1.807) is 0 Å². The molecule has 0 amide bonds. The minimum Gasteiger partial charge on any atom is -0.308 e. The number of halogens is 2. The van der Waals surface area contributed by atoms with Crippen LogP contribution < -0.4 is 5.32 Å². The van der Waals surface area contributed by atoms with Crippen LogP contribution in [0, 0.1) is 0 Å². The van der Waals surface area contributed by atoms with Gasteiger partial charge in [-0.05, 0) is 24.6 Å². The lowest BCUT2D eigenvalue weighted by Gasteiger charge is -2.12. The maximum atomic E-state index is 11.9. The normalized spacial score (nSPS) is 12.8. The van der Waals surface area contributed by atoms with Gasteiger partial charge < -0.3 is 5.32 Å². The van der Waals surface area contributed by atoms with Crippen molar-refractivity contribution >= 4 is 11.6 Å². The molecule has 0 heterocycles. The fourth-order valence-corrected chi connectivity index (χ4v) is 1.36. The molecule has 1 rings (SSSR count). The van der Waals surface area contributed by atoms with Crippen LogP contribution in [0.1, 0.15) is 18.5 Å². The number of hydrogen-bond donors (Lipinski definition) is 1. The zero-order valence-electron chi connectivity index (χ0n) is 7.56. The molecule has 0 radical (unpaired) electrons. The van der Waals surface area contributed by atoms with Crippen molar-refractivity contribution in [3.63, 3.8) is 0 Å². The predicted octanol–water partition coefficient (Wildman–Crippen LogP) is 2.96. The highest BCUT2D eigenvalue weighted by Gasteiger charge is 2.03. The van der Waals surface area contributed by atoms with Crippen LogP contribution in [-0.4, -0.2) is 13.2 Å². The Bertz CT molecular complexity index is 265. The van der Waals surface area contributed by atoms with E-state index in [4.69, 9.17) is 11.6 Å². The van der Waals surface area contributed by atoms with Crippen LogP contribution in [0.5, 0.6) is 0 Å². The van der Waals surface area contributed by atoms with Gasteiger partial charge in [0, 0.05) is 17.6 Å². The van der Waals surface area contributed by atoms with Crippen molar-refractivity contribution < 1.29 is 4.39 Å². The Hall–Kier alpha value is -0.600. The Morgan fingerprint density at radius 2 is 2.31 bits per heavy atom. The van der Waals surface area contributed by atoms with Crippen molar-refractivity contribution in [3.8, 4) is 0 Å². The molecule has 0 aromatic heterocycles. The van der Waals surface area contributed by atoms with Crippen LogP contribution in [0.3, 0.4) is 0 Å². The Labute approximate surface area is 82.9 Å². The molecular weight excluding hydrogens is 189 g/mol. The van der Waals surface area contributed by atoms with Crippen molar-refractivity contribution in [1.29, 1.82) is 0 Å². The minimum atomic E-state index is -0.342. The summed E-state index contributed by atoms with van der Waals surface area (Å²) in [5.41, 5.74) is 1.08. The average molecular weight is 202 g/mol. The van der Waals surface area contributed by atoms with Gasteiger partial charge in [0.15, 0.2) is 0 Å². The second-order valence-electron chi connectivity index (χ2n) is 2.92. The maximum Gasteiger partial charge on any atom is 0.102 e. The summed E-state index contributed by atoms with van der Waals surface area (Å²) in [6.45, 7) is 2.03. The molecular formula is C10H13ClFN. The summed E-state index contributed by atoms with van der Waals surface area (Å²) in [7, 11) is 0. The van der Waals surface area contributed by atoms with E-state index in [-0.39, 0.29) is 12.7 Å². The van der Waals surface area contributed by atoms with E-state index in [9.17, 15) is 4.39 Å². The molecule has 1 atom stereocenters. The Balaban J connectivity index is 2.60. The van der Waals surface area contributed by atoms with Crippen LogP contribution in [-0.2, 0) is 0 Å². The summed E-state index contributed by atoms with van der Waals surface area (Å²) >= 11 is 5.82. The fourth-order valence-electron chi connectivity index (χ4n) is 1.16. The van der Waals surface area contributed by atoms with Gasteiger partial charge in [-0.3, -0.25) is 0 Å². The van der Waals surface area contributed by atoms with Crippen LogP contribution in [0.2, 0.25) is 5.02 Å². The van der Waals surface area contributed by atoms with Gasteiger partial charge in [-0.25, -0.2) is 4.39 Å². The van der Waals surface area contributed by atoms with Gasteiger partial charge in [0.1, 0.15) is 6.67 Å². The fraction of sp³-hybridized carbons (Fsp3) is 0.400. The van der Waals surface area contributed by atoms with Crippen molar-refractivity contribution in [2.24, 2.45) is 0 Å². The van der Waals surface area contributed by atoms with Crippen LogP contribution in [0.4, 0.5) is 4.39 Å². The number of rotatable bonds is 4. The lowest BCUT2D eigenvalue weighted by atomic mass is 10.1. The van der Waals surface area contributed by atoms with Crippen LogP contribution in [0.25, 0.3) is 0 Å². The molecule has 1 N–H and O–H groups in total. The van der Waals surface area contributed by atoms with Crippen molar-refractivity contribution in [3.05, 3.63) is 34.9 Å². The topological polar surface area (TPSA) is 12.0 Å². The van der Waals surface area contributed by atoms with E-state index in [0.717, 1.165) is 5.56 Å². The molecule has 0 spiro atoms. The van der Waals surface area contributed by atoms with E-state index in [0.29, 0.717) is 11.6 Å².